The quantitative estimate of drug-likeness (QED) is 0.190. The number of aromatic amines is 1. The SMILES string of the molecule is Cc1cc(C(=O)N2CC(C)NC(C)C2)ncc1-c1ccc(C[C@@H](C(N)=O)N(C(=O)C2CCC(CN)CC2)c2ccc(-c3nn[nH]n3)cc2)cc1.Cl. The summed E-state index contributed by atoms with van der Waals surface area (Å²) in [6, 6.07) is 16.4. The van der Waals surface area contributed by atoms with Gasteiger partial charge in [0.25, 0.3) is 5.91 Å². The first-order chi connectivity index (χ1) is 24.1. The molecule has 1 aliphatic heterocycles. The van der Waals surface area contributed by atoms with Crippen LogP contribution in [0.2, 0.25) is 0 Å². The van der Waals surface area contributed by atoms with E-state index in [9.17, 15) is 14.4 Å². The summed E-state index contributed by atoms with van der Waals surface area (Å²) in [7, 11) is 0. The molecule has 2 aliphatic rings. The standard InChI is InChI=1S/C37H46N10O3.ClH/c1-22-16-32(37(50)46-20-23(2)41-24(3)21-46)40-19-31(22)27-8-4-25(5-9-27)17-33(34(39)48)47(36(49)29-10-6-26(18-38)7-11-29)30-14-12-28(13-15-30)35-42-44-45-43-35;/h4-5,8-9,12-16,19,23-24,26,29,33,41H,6-7,10-11,17-18,20-21,38H2,1-3H3,(H2,39,48)(H,42,43,44,45);1H/t23?,24?,26?,29?,33-;/m0./s1. The number of pyridine rings is 1. The summed E-state index contributed by atoms with van der Waals surface area (Å²) in [5, 5.41) is 17.6. The van der Waals surface area contributed by atoms with Crippen molar-refractivity contribution >= 4 is 35.8 Å². The van der Waals surface area contributed by atoms with E-state index in [1.807, 2.05) is 42.2 Å². The van der Waals surface area contributed by atoms with Crippen molar-refractivity contribution in [1.29, 1.82) is 0 Å². The number of carbonyl (C=O) groups excluding carboxylic acids is 3. The van der Waals surface area contributed by atoms with E-state index < -0.39 is 11.9 Å². The number of hydrogen-bond acceptors (Lipinski definition) is 9. The average Bonchev–Trinajstić information content (AvgIpc) is 3.66. The molecule has 51 heavy (non-hydrogen) atoms. The molecule has 3 heterocycles. The van der Waals surface area contributed by atoms with Crippen LogP contribution >= 0.6 is 12.4 Å². The molecule has 2 aromatic carbocycles. The zero-order chi connectivity index (χ0) is 35.4. The summed E-state index contributed by atoms with van der Waals surface area (Å²) in [5.41, 5.74) is 17.3. The van der Waals surface area contributed by atoms with Gasteiger partial charge in [0, 0.05) is 60.5 Å². The smallest absolute Gasteiger partial charge is 0.272 e. The van der Waals surface area contributed by atoms with E-state index in [1.54, 1.807) is 35.4 Å². The zero-order valence-corrected chi connectivity index (χ0v) is 30.1. The average molecular weight is 715 g/mol. The van der Waals surface area contributed by atoms with Gasteiger partial charge in [-0.05, 0) is 111 Å². The highest BCUT2D eigenvalue weighted by Crippen LogP contribution is 2.33. The van der Waals surface area contributed by atoms with Crippen LogP contribution in [0.4, 0.5) is 5.69 Å². The zero-order valence-electron chi connectivity index (χ0n) is 29.3. The highest BCUT2D eigenvalue weighted by atomic mass is 35.5. The molecule has 3 atom stereocenters. The lowest BCUT2D eigenvalue weighted by atomic mass is 9.81. The maximum atomic E-state index is 14.2. The second-order valence-corrected chi connectivity index (χ2v) is 13.8. The molecule has 1 saturated heterocycles. The van der Waals surface area contributed by atoms with Crippen molar-refractivity contribution in [3.8, 4) is 22.5 Å². The third-order valence-corrected chi connectivity index (χ3v) is 10.0. The van der Waals surface area contributed by atoms with Crippen LogP contribution in [0.3, 0.4) is 0 Å². The van der Waals surface area contributed by atoms with Crippen molar-refractivity contribution in [2.24, 2.45) is 23.3 Å². The Labute approximate surface area is 304 Å². The van der Waals surface area contributed by atoms with Crippen LogP contribution in [0.5, 0.6) is 0 Å². The van der Waals surface area contributed by atoms with Gasteiger partial charge in [0.2, 0.25) is 17.6 Å². The van der Waals surface area contributed by atoms with Gasteiger partial charge in [-0.1, -0.05) is 24.3 Å². The molecule has 1 saturated carbocycles. The van der Waals surface area contributed by atoms with Gasteiger partial charge in [-0.2, -0.15) is 5.21 Å². The summed E-state index contributed by atoms with van der Waals surface area (Å²) < 4.78 is 0. The monoisotopic (exact) mass is 714 g/mol. The van der Waals surface area contributed by atoms with Crippen molar-refractivity contribution in [2.45, 2.75) is 71.0 Å². The summed E-state index contributed by atoms with van der Waals surface area (Å²) in [6.07, 6.45) is 5.15. The fourth-order valence-electron chi connectivity index (χ4n) is 7.35. The van der Waals surface area contributed by atoms with Gasteiger partial charge in [0.1, 0.15) is 11.7 Å². The van der Waals surface area contributed by atoms with Crippen LogP contribution in [-0.2, 0) is 16.0 Å². The molecule has 2 fully saturated rings. The maximum Gasteiger partial charge on any atom is 0.272 e. The van der Waals surface area contributed by atoms with Crippen molar-refractivity contribution in [2.75, 3.05) is 24.5 Å². The van der Waals surface area contributed by atoms with Crippen LogP contribution in [0.15, 0.2) is 60.8 Å². The maximum absolute atomic E-state index is 14.2. The summed E-state index contributed by atoms with van der Waals surface area (Å²) >= 11 is 0. The lowest BCUT2D eigenvalue weighted by Crippen LogP contribution is -2.55. The molecule has 6 N–H and O–H groups in total. The van der Waals surface area contributed by atoms with E-state index in [-0.39, 0.29) is 48.6 Å². The summed E-state index contributed by atoms with van der Waals surface area (Å²) in [6.45, 7) is 8.02. The first-order valence-corrected chi connectivity index (χ1v) is 17.4. The minimum atomic E-state index is -0.916. The van der Waals surface area contributed by atoms with E-state index in [0.717, 1.165) is 40.7 Å². The van der Waals surface area contributed by atoms with Crippen LogP contribution < -0.4 is 21.7 Å². The van der Waals surface area contributed by atoms with Crippen LogP contribution in [0.25, 0.3) is 22.5 Å². The van der Waals surface area contributed by atoms with E-state index in [4.69, 9.17) is 11.5 Å². The number of carbonyl (C=O) groups is 3. The van der Waals surface area contributed by atoms with Crippen LogP contribution in [-0.4, -0.2) is 86.0 Å². The van der Waals surface area contributed by atoms with Gasteiger partial charge < -0.3 is 21.7 Å². The van der Waals surface area contributed by atoms with Crippen molar-refractivity contribution in [1.82, 2.24) is 35.8 Å². The number of nitrogens with one attached hydrogen (secondary N) is 2. The number of hydrogen-bond donors (Lipinski definition) is 4. The first-order valence-electron chi connectivity index (χ1n) is 17.4. The normalized spacial score (nSPS) is 21.0. The van der Waals surface area contributed by atoms with E-state index >= 15 is 0 Å². The molecule has 4 aromatic rings. The number of aryl methyl sites for hydroxylation is 1. The Kier molecular flexibility index (Phi) is 12.2. The molecule has 2 aromatic heterocycles. The lowest BCUT2D eigenvalue weighted by molar-refractivity contribution is -0.127. The fourth-order valence-corrected chi connectivity index (χ4v) is 7.35. The van der Waals surface area contributed by atoms with E-state index in [1.165, 1.54) is 0 Å². The predicted molar refractivity (Wildman–Crippen MR) is 198 cm³/mol. The number of benzene rings is 2. The van der Waals surface area contributed by atoms with Crippen molar-refractivity contribution in [3.63, 3.8) is 0 Å². The van der Waals surface area contributed by atoms with Crippen LogP contribution in [0.1, 0.15) is 61.1 Å². The number of H-pyrrole nitrogens is 1. The number of nitrogens with two attached hydrogens (primary N) is 2. The van der Waals surface area contributed by atoms with Gasteiger partial charge in [-0.15, -0.1) is 22.6 Å². The number of primary amides is 1. The number of tetrazole rings is 1. The van der Waals surface area contributed by atoms with E-state index in [2.05, 4.69) is 44.8 Å². The fraction of sp³-hybridized carbons (Fsp3) is 0.432. The Bertz CT molecular complexity index is 1780. The van der Waals surface area contributed by atoms with Crippen molar-refractivity contribution < 1.29 is 14.4 Å². The van der Waals surface area contributed by atoms with Gasteiger partial charge in [0.15, 0.2) is 0 Å². The van der Waals surface area contributed by atoms with Gasteiger partial charge in [-0.3, -0.25) is 24.3 Å². The molecule has 0 spiro atoms. The number of amides is 3. The molecule has 6 rings (SSSR count). The van der Waals surface area contributed by atoms with Gasteiger partial charge in [0.05, 0.1) is 0 Å². The summed E-state index contributed by atoms with van der Waals surface area (Å²) in [4.78, 5) is 48.6. The molecule has 0 radical (unpaired) electrons. The highest BCUT2D eigenvalue weighted by molar-refractivity contribution is 6.02. The molecule has 13 nitrogen and oxygen atoms in total. The lowest BCUT2D eigenvalue weighted by Gasteiger charge is -2.36. The number of nitrogens with zero attached hydrogens (tertiary/aromatic N) is 6. The molecule has 14 heteroatoms. The largest absolute Gasteiger partial charge is 0.368 e. The minimum Gasteiger partial charge on any atom is -0.368 e. The second-order valence-electron chi connectivity index (χ2n) is 13.8. The molecular weight excluding hydrogens is 668 g/mol. The van der Waals surface area contributed by atoms with Crippen molar-refractivity contribution in [3.05, 3.63) is 77.6 Å². The summed E-state index contributed by atoms with van der Waals surface area (Å²) in [5.74, 6) is -0.173. The third-order valence-electron chi connectivity index (χ3n) is 10.0. The number of anilines is 1. The Morgan fingerprint density at radius 1 is 0.961 bits per heavy atom. The van der Waals surface area contributed by atoms with E-state index in [0.29, 0.717) is 55.6 Å². The molecule has 1 aliphatic carbocycles. The number of rotatable bonds is 10. The van der Waals surface area contributed by atoms with Gasteiger partial charge in [-0.25, -0.2) is 0 Å². The first kappa shape index (κ1) is 37.5. The molecular formula is C37H47ClN10O3. The molecule has 270 valence electrons. The highest BCUT2D eigenvalue weighted by Gasteiger charge is 2.36. The Morgan fingerprint density at radius 3 is 2.18 bits per heavy atom. The minimum absolute atomic E-state index is 0. The topological polar surface area (TPSA) is 189 Å². The number of halogens is 1. The molecule has 0 bridgehead atoms. The van der Waals surface area contributed by atoms with Crippen LogP contribution in [0, 0.1) is 18.8 Å². The molecule has 2 unspecified atom stereocenters. The Morgan fingerprint density at radius 2 is 1.61 bits per heavy atom. The Balaban J connectivity index is 0.00000504. The second kappa shape index (κ2) is 16.5. The number of piperazine rings is 1. The van der Waals surface area contributed by atoms with Gasteiger partial charge >= 0.3 is 0 Å². The predicted octanol–water partition coefficient (Wildman–Crippen LogP) is 3.68. The molecule has 3 amide bonds. The Hall–Kier alpha value is -4.72. The number of aromatic nitrogens is 5. The third kappa shape index (κ3) is 8.61.